The van der Waals surface area contributed by atoms with Crippen molar-refractivity contribution < 1.29 is 35.1 Å². The molecule has 1 aliphatic rings. The van der Waals surface area contributed by atoms with Gasteiger partial charge in [-0.2, -0.15) is 30.7 Å². The van der Waals surface area contributed by atoms with Crippen molar-refractivity contribution in [2.75, 3.05) is 0 Å². The monoisotopic (exact) mass is 246 g/mol. The largest absolute Gasteiger partial charge is 0.429 e. The molecule has 0 N–H and O–H groups in total. The molecule has 1 rings (SSSR count). The van der Waals surface area contributed by atoms with Crippen LogP contribution in [0.5, 0.6) is 0 Å². The minimum absolute atomic E-state index is 1.60. The molecule has 1 fully saturated rings. The zero-order valence-electron chi connectivity index (χ0n) is 6.14. The smallest absolute Gasteiger partial charge is 0.226 e. The van der Waals surface area contributed by atoms with E-state index < -0.39 is 40.5 Å². The number of alkyl halides is 8. The van der Waals surface area contributed by atoms with Crippen molar-refractivity contribution in [1.82, 2.24) is 0 Å². The maximum atomic E-state index is 12.7. The van der Waals surface area contributed by atoms with Crippen LogP contribution in [0.2, 0.25) is 0 Å². The van der Waals surface area contributed by atoms with E-state index in [0.717, 1.165) is 0 Å². The van der Waals surface area contributed by atoms with Crippen molar-refractivity contribution in [2.45, 2.75) is 28.8 Å². The first-order valence-corrected chi connectivity index (χ1v) is 3.94. The van der Waals surface area contributed by atoms with Gasteiger partial charge in [0.25, 0.3) is 5.67 Å². The van der Waals surface area contributed by atoms with E-state index in [1.54, 1.807) is 0 Å². The van der Waals surface area contributed by atoms with Crippen LogP contribution in [0, 0.1) is 0 Å². The number of hydrogen-bond donors (Lipinski definition) is 0. The van der Waals surface area contributed by atoms with Gasteiger partial charge >= 0.3 is 16.7 Å². The predicted octanol–water partition coefficient (Wildman–Crippen LogP) is 3.58. The third-order valence-corrected chi connectivity index (χ3v) is 2.66. The highest BCUT2D eigenvalue weighted by molar-refractivity contribution is 8.01. The molecular weight excluding hydrogens is 244 g/mol. The average molecular weight is 246 g/mol. The van der Waals surface area contributed by atoms with Gasteiger partial charge in [-0.1, -0.05) is 0 Å². The zero-order chi connectivity index (χ0) is 11.4. The molecule has 0 bridgehead atoms. The van der Waals surface area contributed by atoms with Crippen LogP contribution in [-0.4, -0.2) is 22.4 Å². The lowest BCUT2D eigenvalue weighted by Gasteiger charge is -2.26. The van der Waals surface area contributed by atoms with Crippen molar-refractivity contribution in [2.24, 2.45) is 0 Å². The van der Waals surface area contributed by atoms with Crippen molar-refractivity contribution in [1.29, 1.82) is 0 Å². The van der Waals surface area contributed by atoms with E-state index in [0.29, 0.717) is 0 Å². The van der Waals surface area contributed by atoms with E-state index in [4.69, 9.17) is 0 Å². The highest BCUT2D eigenvalue weighted by Gasteiger charge is 2.80. The maximum absolute atomic E-state index is 12.7. The molecule has 0 nitrogen and oxygen atoms in total. The van der Waals surface area contributed by atoms with Gasteiger partial charge in [0, 0.05) is 0 Å². The average Bonchev–Trinajstić information content (AvgIpc) is 1.94. The Labute approximate surface area is 76.6 Å². The molecule has 0 aromatic carbocycles. The molecule has 0 aromatic heterocycles. The summed E-state index contributed by atoms with van der Waals surface area (Å²) in [6, 6.07) is 0. The summed E-state index contributed by atoms with van der Waals surface area (Å²) in [7, 11) is 0. The fraction of sp³-hybridized carbons (Fsp3) is 1.00. The summed E-state index contributed by atoms with van der Waals surface area (Å²) in [6.45, 7) is 0. The number of rotatable bonds is 0. The highest BCUT2D eigenvalue weighted by Crippen LogP contribution is 2.65. The molecule has 9 heteroatoms. The lowest BCUT2D eigenvalue weighted by atomic mass is 10.0. The first kappa shape index (κ1) is 11.9. The molecule has 0 saturated carbocycles. The standard InChI is InChI=1S/C5H2F8S/c6-2(4(9,10)11)1-3(7,8)14-5(2,12)13/h1H2. The summed E-state index contributed by atoms with van der Waals surface area (Å²) in [5.74, 6) is 0. The van der Waals surface area contributed by atoms with Crippen LogP contribution in [0.1, 0.15) is 6.42 Å². The summed E-state index contributed by atoms with van der Waals surface area (Å²) < 4.78 is 97.2. The summed E-state index contributed by atoms with van der Waals surface area (Å²) >= 11 is -1.60. The third kappa shape index (κ3) is 1.55. The van der Waals surface area contributed by atoms with Gasteiger partial charge in [0.05, 0.1) is 6.42 Å². The van der Waals surface area contributed by atoms with Crippen LogP contribution in [0.4, 0.5) is 35.1 Å². The fourth-order valence-corrected chi connectivity index (χ4v) is 1.95. The minimum Gasteiger partial charge on any atom is -0.226 e. The van der Waals surface area contributed by atoms with Gasteiger partial charge in [0.15, 0.2) is 0 Å². The molecule has 0 spiro atoms. The number of halogens is 8. The van der Waals surface area contributed by atoms with E-state index in [1.165, 1.54) is 0 Å². The molecule has 0 radical (unpaired) electrons. The molecule has 0 aliphatic carbocycles. The molecule has 84 valence electrons. The molecular formula is C5H2F8S. The fourth-order valence-electron chi connectivity index (χ4n) is 0.956. The number of hydrogen-bond acceptors (Lipinski definition) is 1. The lowest BCUT2D eigenvalue weighted by Crippen LogP contribution is -2.50. The van der Waals surface area contributed by atoms with Gasteiger partial charge in [-0.05, 0) is 11.8 Å². The van der Waals surface area contributed by atoms with Crippen molar-refractivity contribution in [3.63, 3.8) is 0 Å². The second-order valence-electron chi connectivity index (χ2n) is 2.73. The lowest BCUT2D eigenvalue weighted by molar-refractivity contribution is -0.280. The molecule has 1 saturated heterocycles. The molecule has 0 aromatic rings. The Hall–Kier alpha value is -0.210. The molecule has 1 unspecified atom stereocenters. The first-order chi connectivity index (χ1) is 5.91. The summed E-state index contributed by atoms with van der Waals surface area (Å²) in [5.41, 5.74) is -5.16. The van der Waals surface area contributed by atoms with Crippen LogP contribution in [-0.2, 0) is 0 Å². The van der Waals surface area contributed by atoms with Gasteiger partial charge in [-0.15, -0.1) is 0 Å². The Morgan fingerprint density at radius 3 is 1.50 bits per heavy atom. The van der Waals surface area contributed by atoms with Gasteiger partial charge in [0.1, 0.15) is 0 Å². The van der Waals surface area contributed by atoms with Gasteiger partial charge in [-0.25, -0.2) is 4.39 Å². The van der Waals surface area contributed by atoms with E-state index in [-0.39, 0.29) is 0 Å². The normalized spacial score (nSPS) is 36.0. The third-order valence-electron chi connectivity index (χ3n) is 1.64. The van der Waals surface area contributed by atoms with Crippen molar-refractivity contribution in [3.8, 4) is 0 Å². The molecule has 1 heterocycles. The minimum atomic E-state index is -6.01. The summed E-state index contributed by atoms with van der Waals surface area (Å²) in [6.07, 6.45) is -8.56. The highest BCUT2D eigenvalue weighted by atomic mass is 32.2. The molecule has 1 atom stereocenters. The Morgan fingerprint density at radius 1 is 0.929 bits per heavy atom. The zero-order valence-corrected chi connectivity index (χ0v) is 6.96. The second-order valence-corrected chi connectivity index (χ2v) is 4.05. The predicted molar refractivity (Wildman–Crippen MR) is 32.0 cm³/mol. The Kier molecular flexibility index (Phi) is 2.26. The van der Waals surface area contributed by atoms with Crippen molar-refractivity contribution >= 4 is 11.8 Å². The van der Waals surface area contributed by atoms with E-state index >= 15 is 0 Å². The quantitative estimate of drug-likeness (QED) is 0.588. The Bertz CT molecular complexity index is 245. The van der Waals surface area contributed by atoms with Gasteiger partial charge < -0.3 is 0 Å². The van der Waals surface area contributed by atoms with Gasteiger partial charge in [-0.3, -0.25) is 0 Å². The Balaban J connectivity index is 3.12. The van der Waals surface area contributed by atoms with Crippen molar-refractivity contribution in [3.05, 3.63) is 0 Å². The van der Waals surface area contributed by atoms with Crippen LogP contribution >= 0.6 is 11.8 Å². The number of thioether (sulfide) groups is 1. The van der Waals surface area contributed by atoms with Crippen LogP contribution in [0.25, 0.3) is 0 Å². The first-order valence-electron chi connectivity index (χ1n) is 3.13. The molecule has 1 aliphatic heterocycles. The summed E-state index contributed by atoms with van der Waals surface area (Å²) in [4.78, 5) is 0. The second kappa shape index (κ2) is 2.67. The Morgan fingerprint density at radius 2 is 1.36 bits per heavy atom. The van der Waals surface area contributed by atoms with Gasteiger partial charge in [0.2, 0.25) is 0 Å². The molecule has 14 heavy (non-hydrogen) atoms. The van der Waals surface area contributed by atoms with E-state index in [9.17, 15) is 35.1 Å². The topological polar surface area (TPSA) is 0 Å². The van der Waals surface area contributed by atoms with Crippen LogP contribution < -0.4 is 0 Å². The SMILES string of the molecule is FC1(F)CC(F)(C(F)(F)F)C(F)(F)S1. The van der Waals surface area contributed by atoms with E-state index in [2.05, 4.69) is 0 Å². The maximum Gasteiger partial charge on any atom is 0.429 e. The van der Waals surface area contributed by atoms with E-state index in [1.807, 2.05) is 0 Å². The summed E-state index contributed by atoms with van der Waals surface area (Å²) in [5, 5.41) is -9.57. The van der Waals surface area contributed by atoms with Crippen LogP contribution in [0.15, 0.2) is 0 Å². The van der Waals surface area contributed by atoms with Crippen LogP contribution in [0.3, 0.4) is 0 Å². The molecule has 0 amide bonds.